The van der Waals surface area contributed by atoms with E-state index in [1.807, 2.05) is 14.0 Å². The third-order valence-electron chi connectivity index (χ3n) is 1.85. The minimum absolute atomic E-state index is 0.0550. The van der Waals surface area contributed by atoms with Crippen molar-refractivity contribution in [3.63, 3.8) is 0 Å². The van der Waals surface area contributed by atoms with E-state index in [-0.39, 0.29) is 24.7 Å². The van der Waals surface area contributed by atoms with Crippen LogP contribution in [-0.2, 0) is 9.59 Å². The number of carbonyl (C=O) groups excluding carboxylic acids is 2. The molecule has 0 aliphatic heterocycles. The molecule has 0 aromatic carbocycles. The molecule has 0 saturated heterocycles. The lowest BCUT2D eigenvalue weighted by molar-refractivity contribution is -0.126. The van der Waals surface area contributed by atoms with Crippen molar-refractivity contribution in [2.45, 2.75) is 26.2 Å². The molecule has 15 heavy (non-hydrogen) atoms. The number of amides is 2. The average Bonchev–Trinajstić information content (AvgIpc) is 2.24. The Morgan fingerprint density at radius 3 is 1.93 bits per heavy atom. The lowest BCUT2D eigenvalue weighted by atomic mass is 10.2. The van der Waals surface area contributed by atoms with Crippen LogP contribution in [0.5, 0.6) is 0 Å². The number of nitrogens with one attached hydrogen (secondary N) is 3. The summed E-state index contributed by atoms with van der Waals surface area (Å²) >= 11 is 0. The minimum atomic E-state index is -0.0723. The number of carbonyl (C=O) groups is 2. The maximum atomic E-state index is 11.2. The fourth-order valence-corrected chi connectivity index (χ4v) is 0.995. The van der Waals surface area contributed by atoms with Crippen LogP contribution in [0.4, 0.5) is 0 Å². The molecule has 0 bridgehead atoms. The zero-order chi connectivity index (χ0) is 11.5. The molecule has 0 heterocycles. The highest BCUT2D eigenvalue weighted by molar-refractivity contribution is 5.83. The van der Waals surface area contributed by atoms with Gasteiger partial charge in [-0.3, -0.25) is 9.59 Å². The molecule has 0 aromatic heterocycles. The molecule has 0 aromatic rings. The molecule has 0 rings (SSSR count). The summed E-state index contributed by atoms with van der Waals surface area (Å²) in [4.78, 5) is 22.3. The van der Waals surface area contributed by atoms with E-state index < -0.39 is 0 Å². The van der Waals surface area contributed by atoms with Crippen LogP contribution in [0, 0.1) is 0 Å². The molecule has 3 N–H and O–H groups in total. The van der Waals surface area contributed by atoms with Crippen LogP contribution in [0.15, 0.2) is 0 Å². The van der Waals surface area contributed by atoms with E-state index in [2.05, 4.69) is 16.0 Å². The van der Waals surface area contributed by atoms with E-state index in [1.54, 1.807) is 0 Å². The summed E-state index contributed by atoms with van der Waals surface area (Å²) in [5.41, 5.74) is 0. The first-order valence-electron chi connectivity index (χ1n) is 5.38. The normalized spacial score (nSPS) is 9.73. The lowest BCUT2D eigenvalue weighted by Crippen LogP contribution is -2.32. The Kier molecular flexibility index (Phi) is 8.76. The van der Waals surface area contributed by atoms with Gasteiger partial charge < -0.3 is 16.0 Å². The third kappa shape index (κ3) is 9.21. The van der Waals surface area contributed by atoms with Crippen molar-refractivity contribution >= 4 is 11.8 Å². The van der Waals surface area contributed by atoms with E-state index in [0.717, 1.165) is 13.0 Å². The predicted octanol–water partition coefficient (Wildman–Crippen LogP) is -0.372. The average molecular weight is 215 g/mol. The van der Waals surface area contributed by atoms with Gasteiger partial charge in [0.05, 0.1) is 0 Å². The third-order valence-corrected chi connectivity index (χ3v) is 1.85. The van der Waals surface area contributed by atoms with Crippen LogP contribution < -0.4 is 16.0 Å². The van der Waals surface area contributed by atoms with E-state index in [4.69, 9.17) is 0 Å². The number of hydrogen-bond donors (Lipinski definition) is 3. The molecule has 0 aliphatic rings. The summed E-state index contributed by atoms with van der Waals surface area (Å²) < 4.78 is 0. The van der Waals surface area contributed by atoms with Gasteiger partial charge in [0.1, 0.15) is 0 Å². The Bertz CT molecular complexity index is 195. The first-order chi connectivity index (χ1) is 7.20. The second-order valence-corrected chi connectivity index (χ2v) is 3.30. The quantitative estimate of drug-likeness (QED) is 0.484. The summed E-state index contributed by atoms with van der Waals surface area (Å²) in [5.74, 6) is -0.127. The molecule has 0 radical (unpaired) electrons. The highest BCUT2D eigenvalue weighted by Crippen LogP contribution is 1.88. The lowest BCUT2D eigenvalue weighted by Gasteiger charge is -2.05. The molecule has 0 atom stereocenters. The fourth-order valence-electron chi connectivity index (χ4n) is 0.995. The van der Waals surface area contributed by atoms with Crippen LogP contribution in [0.1, 0.15) is 26.2 Å². The molecule has 5 heteroatoms. The van der Waals surface area contributed by atoms with Gasteiger partial charge in [0, 0.05) is 32.5 Å². The van der Waals surface area contributed by atoms with Crippen molar-refractivity contribution in [1.82, 2.24) is 16.0 Å². The highest BCUT2D eigenvalue weighted by atomic mass is 16.2. The Balaban J connectivity index is 3.40. The molecule has 5 nitrogen and oxygen atoms in total. The van der Waals surface area contributed by atoms with Gasteiger partial charge in [0.2, 0.25) is 11.8 Å². The van der Waals surface area contributed by atoms with Crippen molar-refractivity contribution in [3.05, 3.63) is 0 Å². The summed E-state index contributed by atoms with van der Waals surface area (Å²) in [6.45, 7) is 4.02. The number of likely N-dealkylation sites (N-methyl/N-ethyl adjacent to an activating group) is 1. The van der Waals surface area contributed by atoms with Gasteiger partial charge in [0.25, 0.3) is 0 Å². The van der Waals surface area contributed by atoms with Crippen LogP contribution in [0.25, 0.3) is 0 Å². The molecular weight excluding hydrogens is 194 g/mol. The van der Waals surface area contributed by atoms with Gasteiger partial charge in [-0.05, 0) is 13.5 Å². The van der Waals surface area contributed by atoms with Gasteiger partial charge in [-0.2, -0.15) is 0 Å². The van der Waals surface area contributed by atoms with Crippen molar-refractivity contribution in [2.75, 3.05) is 26.7 Å². The Morgan fingerprint density at radius 1 is 0.933 bits per heavy atom. The van der Waals surface area contributed by atoms with E-state index in [1.165, 1.54) is 0 Å². The number of rotatable bonds is 8. The van der Waals surface area contributed by atoms with E-state index in [0.29, 0.717) is 13.1 Å². The Labute approximate surface area is 91.0 Å². The van der Waals surface area contributed by atoms with Crippen molar-refractivity contribution in [3.8, 4) is 0 Å². The maximum absolute atomic E-state index is 11.2. The second kappa shape index (κ2) is 9.45. The molecule has 88 valence electrons. The number of hydrogen-bond acceptors (Lipinski definition) is 3. The van der Waals surface area contributed by atoms with Gasteiger partial charge in [-0.25, -0.2) is 0 Å². The van der Waals surface area contributed by atoms with Gasteiger partial charge in [-0.15, -0.1) is 0 Å². The fraction of sp³-hybridized carbons (Fsp3) is 0.800. The molecule has 0 fully saturated rings. The molecule has 0 unspecified atom stereocenters. The van der Waals surface area contributed by atoms with Crippen LogP contribution >= 0.6 is 0 Å². The first kappa shape index (κ1) is 13.9. The van der Waals surface area contributed by atoms with Gasteiger partial charge in [-0.1, -0.05) is 6.92 Å². The zero-order valence-corrected chi connectivity index (χ0v) is 9.56. The first-order valence-corrected chi connectivity index (χ1v) is 5.38. The Morgan fingerprint density at radius 2 is 1.47 bits per heavy atom. The smallest absolute Gasteiger partial charge is 0.220 e. The van der Waals surface area contributed by atoms with Gasteiger partial charge >= 0.3 is 0 Å². The van der Waals surface area contributed by atoms with Crippen molar-refractivity contribution < 1.29 is 9.59 Å². The van der Waals surface area contributed by atoms with Crippen LogP contribution in [0.2, 0.25) is 0 Å². The molecule has 0 aliphatic carbocycles. The predicted molar refractivity (Wildman–Crippen MR) is 59.5 cm³/mol. The Hall–Kier alpha value is -1.10. The molecule has 2 amide bonds. The molecular formula is C10H21N3O2. The standard InChI is InChI=1S/C10H21N3O2/c1-3-6-12-9(14)4-5-10(15)13-8-7-11-2/h11H,3-8H2,1-2H3,(H,12,14)(H,13,15). The molecule has 0 spiro atoms. The zero-order valence-electron chi connectivity index (χ0n) is 9.56. The SMILES string of the molecule is CCCNC(=O)CCC(=O)NCCNC. The van der Waals surface area contributed by atoms with E-state index >= 15 is 0 Å². The van der Waals surface area contributed by atoms with E-state index in [9.17, 15) is 9.59 Å². The van der Waals surface area contributed by atoms with Gasteiger partial charge in [0.15, 0.2) is 0 Å². The highest BCUT2D eigenvalue weighted by Gasteiger charge is 2.04. The van der Waals surface area contributed by atoms with Crippen LogP contribution in [0.3, 0.4) is 0 Å². The summed E-state index contributed by atoms with van der Waals surface area (Å²) in [6.07, 6.45) is 1.45. The van der Waals surface area contributed by atoms with Crippen molar-refractivity contribution in [1.29, 1.82) is 0 Å². The second-order valence-electron chi connectivity index (χ2n) is 3.30. The van der Waals surface area contributed by atoms with Crippen molar-refractivity contribution in [2.24, 2.45) is 0 Å². The topological polar surface area (TPSA) is 70.2 Å². The summed E-state index contributed by atoms with van der Waals surface area (Å²) in [5, 5.41) is 8.36. The van der Waals surface area contributed by atoms with Crippen LogP contribution in [-0.4, -0.2) is 38.5 Å². The molecule has 0 saturated carbocycles. The summed E-state index contributed by atoms with van der Waals surface area (Å²) in [7, 11) is 1.82. The largest absolute Gasteiger partial charge is 0.356 e. The summed E-state index contributed by atoms with van der Waals surface area (Å²) in [6, 6.07) is 0. The minimum Gasteiger partial charge on any atom is -0.356 e. The monoisotopic (exact) mass is 215 g/mol. The maximum Gasteiger partial charge on any atom is 0.220 e.